The van der Waals surface area contributed by atoms with Gasteiger partial charge in [0.1, 0.15) is 0 Å². The normalized spacial score (nSPS) is 12.6. The fourth-order valence-electron chi connectivity index (χ4n) is 1.74. The highest BCUT2D eigenvalue weighted by Gasteiger charge is 2.21. The van der Waals surface area contributed by atoms with Crippen molar-refractivity contribution in [3.05, 3.63) is 40.4 Å². The van der Waals surface area contributed by atoms with Crippen molar-refractivity contribution >= 4 is 15.9 Å². The highest BCUT2D eigenvalue weighted by Crippen LogP contribution is 2.25. The molecule has 0 aromatic carbocycles. The second-order valence-corrected chi connectivity index (χ2v) is 4.39. The largest absolute Gasteiger partial charge is 0.304 e. The Bertz CT molecular complexity index is 462. The number of aromatic nitrogens is 4. The van der Waals surface area contributed by atoms with Crippen molar-refractivity contribution in [2.45, 2.75) is 13.0 Å². The van der Waals surface area contributed by atoms with Gasteiger partial charge >= 0.3 is 0 Å². The van der Waals surface area contributed by atoms with Gasteiger partial charge in [0.15, 0.2) is 4.60 Å². The van der Waals surface area contributed by atoms with E-state index in [-0.39, 0.29) is 6.04 Å². The fraction of sp³-hybridized carbons (Fsp3) is 0.364. The molecule has 17 heavy (non-hydrogen) atoms. The fourth-order valence-corrected chi connectivity index (χ4v) is 2.29. The molecule has 0 aliphatic rings. The zero-order valence-corrected chi connectivity index (χ0v) is 11.3. The molecule has 2 heterocycles. The lowest BCUT2D eigenvalue weighted by Gasteiger charge is -2.17. The first-order chi connectivity index (χ1) is 8.24. The zero-order chi connectivity index (χ0) is 12.3. The number of pyridine rings is 1. The highest BCUT2D eigenvalue weighted by molar-refractivity contribution is 9.10. The molecule has 0 radical (unpaired) electrons. The molecule has 5 nitrogen and oxygen atoms in total. The van der Waals surface area contributed by atoms with E-state index in [1.54, 1.807) is 10.9 Å². The molecular formula is C11H14BrN5. The van der Waals surface area contributed by atoms with Crippen molar-refractivity contribution in [2.24, 2.45) is 7.05 Å². The van der Waals surface area contributed by atoms with E-state index < -0.39 is 0 Å². The molecule has 0 spiro atoms. The van der Waals surface area contributed by atoms with Crippen LogP contribution in [0.5, 0.6) is 0 Å². The van der Waals surface area contributed by atoms with Gasteiger partial charge < -0.3 is 5.32 Å². The molecule has 90 valence electrons. The maximum atomic E-state index is 4.38. The molecule has 0 saturated heterocycles. The summed E-state index contributed by atoms with van der Waals surface area (Å²) in [6.45, 7) is 2.91. The molecule has 1 unspecified atom stereocenters. The van der Waals surface area contributed by atoms with E-state index in [0.717, 1.165) is 22.5 Å². The molecule has 1 N–H and O–H groups in total. The minimum atomic E-state index is -0.00410. The minimum Gasteiger partial charge on any atom is -0.304 e. The van der Waals surface area contributed by atoms with Crippen LogP contribution >= 0.6 is 15.9 Å². The van der Waals surface area contributed by atoms with Crippen molar-refractivity contribution in [1.82, 2.24) is 25.3 Å². The van der Waals surface area contributed by atoms with E-state index in [2.05, 4.69) is 43.5 Å². The molecule has 6 heteroatoms. The summed E-state index contributed by atoms with van der Waals surface area (Å²) in [5, 5.41) is 11.4. The predicted molar refractivity (Wildman–Crippen MR) is 68.5 cm³/mol. The van der Waals surface area contributed by atoms with E-state index in [1.807, 2.05) is 25.2 Å². The van der Waals surface area contributed by atoms with Crippen LogP contribution in [0, 0.1) is 0 Å². The topological polar surface area (TPSA) is 55.6 Å². The van der Waals surface area contributed by atoms with Gasteiger partial charge in [-0.15, -0.1) is 5.10 Å². The smallest absolute Gasteiger partial charge is 0.153 e. The number of aryl methyl sites for hydroxylation is 1. The summed E-state index contributed by atoms with van der Waals surface area (Å²) < 4.78 is 2.50. The number of hydrogen-bond donors (Lipinski definition) is 1. The van der Waals surface area contributed by atoms with Crippen LogP contribution < -0.4 is 5.32 Å². The molecule has 0 aliphatic carbocycles. The average Bonchev–Trinajstić information content (AvgIpc) is 2.68. The average molecular weight is 296 g/mol. The van der Waals surface area contributed by atoms with Gasteiger partial charge in [0.2, 0.25) is 0 Å². The maximum absolute atomic E-state index is 4.38. The molecule has 0 aliphatic heterocycles. The van der Waals surface area contributed by atoms with Gasteiger partial charge in [-0.25, -0.2) is 4.68 Å². The Labute approximate surface area is 108 Å². The Morgan fingerprint density at radius 2 is 2.29 bits per heavy atom. The first-order valence-corrected chi connectivity index (χ1v) is 6.22. The zero-order valence-electron chi connectivity index (χ0n) is 9.76. The summed E-state index contributed by atoms with van der Waals surface area (Å²) in [4.78, 5) is 4.38. The number of nitrogens with zero attached hydrogens (tertiary/aromatic N) is 4. The van der Waals surface area contributed by atoms with Crippen molar-refractivity contribution in [2.75, 3.05) is 6.54 Å². The summed E-state index contributed by atoms with van der Waals surface area (Å²) in [5.74, 6) is 0. The van der Waals surface area contributed by atoms with E-state index >= 15 is 0 Å². The van der Waals surface area contributed by atoms with Crippen LogP contribution in [0.25, 0.3) is 0 Å². The van der Waals surface area contributed by atoms with Gasteiger partial charge in [-0.2, -0.15) is 0 Å². The van der Waals surface area contributed by atoms with Crippen LogP contribution in [-0.2, 0) is 7.05 Å². The van der Waals surface area contributed by atoms with Crippen LogP contribution in [-0.4, -0.2) is 26.5 Å². The van der Waals surface area contributed by atoms with Crippen molar-refractivity contribution < 1.29 is 0 Å². The molecule has 0 saturated carbocycles. The molecule has 1 atom stereocenters. The van der Waals surface area contributed by atoms with Gasteiger partial charge in [-0.3, -0.25) is 4.98 Å². The van der Waals surface area contributed by atoms with E-state index in [4.69, 9.17) is 0 Å². The monoisotopic (exact) mass is 295 g/mol. The number of hydrogen-bond acceptors (Lipinski definition) is 4. The van der Waals surface area contributed by atoms with Gasteiger partial charge in [0, 0.05) is 13.2 Å². The lowest BCUT2D eigenvalue weighted by atomic mass is 10.1. The summed E-state index contributed by atoms with van der Waals surface area (Å²) >= 11 is 3.42. The number of halogens is 1. The molecule has 0 bridgehead atoms. The molecule has 2 rings (SSSR count). The summed E-state index contributed by atoms with van der Waals surface area (Å²) in [7, 11) is 1.88. The second kappa shape index (κ2) is 5.37. The third-order valence-corrected chi connectivity index (χ3v) is 3.06. The van der Waals surface area contributed by atoms with E-state index in [0.29, 0.717) is 0 Å². The van der Waals surface area contributed by atoms with E-state index in [1.165, 1.54) is 0 Å². The van der Waals surface area contributed by atoms with Crippen molar-refractivity contribution in [1.29, 1.82) is 0 Å². The van der Waals surface area contributed by atoms with E-state index in [9.17, 15) is 0 Å². The SMILES string of the molecule is CCNC(c1ccccn1)c1c(Br)nnn1C. The summed E-state index contributed by atoms with van der Waals surface area (Å²) in [6.07, 6.45) is 1.79. The molecule has 0 fully saturated rings. The Morgan fingerprint density at radius 3 is 2.82 bits per heavy atom. The third kappa shape index (κ3) is 2.53. The Balaban J connectivity index is 2.43. The lowest BCUT2D eigenvalue weighted by Crippen LogP contribution is -2.25. The Morgan fingerprint density at radius 1 is 1.47 bits per heavy atom. The van der Waals surface area contributed by atoms with Crippen LogP contribution in [0.3, 0.4) is 0 Å². The Hall–Kier alpha value is -1.27. The molecular weight excluding hydrogens is 282 g/mol. The first-order valence-electron chi connectivity index (χ1n) is 5.43. The van der Waals surface area contributed by atoms with Crippen LogP contribution in [0.1, 0.15) is 24.4 Å². The first kappa shape index (κ1) is 12.2. The van der Waals surface area contributed by atoms with Gasteiger partial charge in [-0.1, -0.05) is 18.2 Å². The van der Waals surface area contributed by atoms with Crippen LogP contribution in [0.15, 0.2) is 29.0 Å². The van der Waals surface area contributed by atoms with Crippen LogP contribution in [0.2, 0.25) is 0 Å². The highest BCUT2D eigenvalue weighted by atomic mass is 79.9. The Kier molecular flexibility index (Phi) is 3.86. The predicted octanol–water partition coefficient (Wildman–Crippen LogP) is 1.67. The second-order valence-electron chi connectivity index (χ2n) is 3.63. The summed E-state index contributed by atoms with van der Waals surface area (Å²) in [6, 6.07) is 5.87. The maximum Gasteiger partial charge on any atom is 0.153 e. The molecule has 2 aromatic rings. The van der Waals surface area contributed by atoms with Crippen molar-refractivity contribution in [3.63, 3.8) is 0 Å². The van der Waals surface area contributed by atoms with Gasteiger partial charge in [0.05, 0.1) is 17.4 Å². The summed E-state index contributed by atoms with van der Waals surface area (Å²) in [5.41, 5.74) is 1.94. The minimum absolute atomic E-state index is 0.00410. The van der Waals surface area contributed by atoms with Gasteiger partial charge in [-0.05, 0) is 34.6 Å². The molecule has 2 aromatic heterocycles. The number of nitrogens with one attached hydrogen (secondary N) is 1. The van der Waals surface area contributed by atoms with Crippen LogP contribution in [0.4, 0.5) is 0 Å². The quantitative estimate of drug-likeness (QED) is 0.932. The lowest BCUT2D eigenvalue weighted by molar-refractivity contribution is 0.557. The van der Waals surface area contributed by atoms with Crippen molar-refractivity contribution in [3.8, 4) is 0 Å². The van der Waals surface area contributed by atoms with Gasteiger partial charge in [0.25, 0.3) is 0 Å². The number of rotatable bonds is 4. The third-order valence-electron chi connectivity index (χ3n) is 2.49. The standard InChI is InChI=1S/C11H14BrN5/c1-3-13-9(8-6-4-5-7-14-8)10-11(12)15-16-17(10)2/h4-7,9,13H,3H2,1-2H3. The molecule has 0 amide bonds.